The summed E-state index contributed by atoms with van der Waals surface area (Å²) in [4.78, 5) is 28.4. The van der Waals surface area contributed by atoms with Gasteiger partial charge in [0.25, 0.3) is 0 Å². The maximum absolute atomic E-state index is 10.5. The highest BCUT2D eigenvalue weighted by molar-refractivity contribution is 5.79. The van der Waals surface area contributed by atoms with Crippen LogP contribution in [0.5, 0.6) is 11.5 Å². The lowest BCUT2D eigenvalue weighted by atomic mass is 9.95. The molecule has 0 saturated heterocycles. The van der Waals surface area contributed by atoms with E-state index in [0.717, 1.165) is 22.3 Å². The third kappa shape index (κ3) is 4.01. The highest BCUT2D eigenvalue weighted by atomic mass is 16.5. The number of carbonyl (C=O) groups excluding carboxylic acids is 2. The van der Waals surface area contributed by atoms with E-state index in [2.05, 4.69) is 9.98 Å². The topological polar surface area (TPSA) is 77.3 Å². The molecule has 0 radical (unpaired) electrons. The third-order valence-electron chi connectivity index (χ3n) is 3.67. The van der Waals surface area contributed by atoms with Crippen molar-refractivity contribution in [3.63, 3.8) is 0 Å². The molecule has 0 aromatic heterocycles. The summed E-state index contributed by atoms with van der Waals surface area (Å²) in [7, 11) is 3.02. The van der Waals surface area contributed by atoms with Crippen molar-refractivity contribution in [1.29, 1.82) is 0 Å². The molecule has 0 fully saturated rings. The third-order valence-corrected chi connectivity index (χ3v) is 3.67. The van der Waals surface area contributed by atoms with Crippen molar-refractivity contribution in [1.82, 2.24) is 0 Å². The average Bonchev–Trinajstić information content (AvgIpc) is 2.56. The second-order valence-corrected chi connectivity index (χ2v) is 5.08. The van der Waals surface area contributed by atoms with E-state index in [4.69, 9.17) is 9.47 Å². The highest BCUT2D eigenvalue weighted by Gasteiger charge is 2.14. The van der Waals surface area contributed by atoms with Gasteiger partial charge < -0.3 is 9.47 Å². The second-order valence-electron chi connectivity index (χ2n) is 5.08. The van der Waals surface area contributed by atoms with Crippen LogP contribution in [0.3, 0.4) is 0 Å². The summed E-state index contributed by atoms with van der Waals surface area (Å²) in [6.07, 6.45) is 3.04. The number of isocyanates is 2. The lowest BCUT2D eigenvalue weighted by Crippen LogP contribution is -1.93. The zero-order valence-corrected chi connectivity index (χ0v) is 13.8. The van der Waals surface area contributed by atoms with Crippen molar-refractivity contribution in [3.05, 3.63) is 35.4 Å². The van der Waals surface area contributed by atoms with E-state index in [0.29, 0.717) is 22.9 Å². The lowest BCUT2D eigenvalue weighted by Gasteiger charge is -2.15. The Labute approximate surface area is 146 Å². The van der Waals surface area contributed by atoms with Crippen molar-refractivity contribution in [2.45, 2.75) is 21.3 Å². The molecule has 25 heavy (non-hydrogen) atoms. The number of hydrogen-bond donors (Lipinski definition) is 0. The molecule has 6 nitrogen and oxygen atoms in total. The predicted molar refractivity (Wildman–Crippen MR) is 96.8 cm³/mol. The van der Waals surface area contributed by atoms with Crippen LogP contribution in [0.1, 0.15) is 18.6 Å². The highest BCUT2D eigenvalue weighted by Crippen LogP contribution is 2.40. The smallest absolute Gasteiger partial charge is 0.240 e. The van der Waals surface area contributed by atoms with Crippen LogP contribution in [-0.2, 0) is 9.59 Å². The van der Waals surface area contributed by atoms with Crippen molar-refractivity contribution < 1.29 is 19.1 Å². The first-order valence-corrected chi connectivity index (χ1v) is 7.09. The fourth-order valence-corrected chi connectivity index (χ4v) is 2.53. The van der Waals surface area contributed by atoms with E-state index in [1.54, 1.807) is 24.3 Å². The second kappa shape index (κ2) is 8.60. The van der Waals surface area contributed by atoms with Crippen LogP contribution in [-0.4, -0.2) is 26.4 Å². The minimum Gasteiger partial charge on any atom is -0.494 e. The van der Waals surface area contributed by atoms with E-state index in [1.807, 2.05) is 13.8 Å². The zero-order chi connectivity index (χ0) is 17.7. The summed E-state index contributed by atoms with van der Waals surface area (Å²) in [5.41, 5.74) is 4.44. The zero-order valence-electron chi connectivity index (χ0n) is 13.8. The fourth-order valence-electron chi connectivity index (χ4n) is 2.53. The van der Waals surface area contributed by atoms with Gasteiger partial charge in [0.05, 0.1) is 14.2 Å². The average molecular weight is 340 g/mol. The van der Waals surface area contributed by atoms with E-state index in [1.165, 1.54) is 26.4 Å². The van der Waals surface area contributed by atoms with Gasteiger partial charge in [0.1, 0.15) is 22.9 Å². The molecule has 2 aromatic rings. The molecule has 0 amide bonds. The van der Waals surface area contributed by atoms with Gasteiger partial charge in [-0.25, -0.2) is 9.59 Å². The van der Waals surface area contributed by atoms with Gasteiger partial charge in [0.15, 0.2) is 0 Å². The van der Waals surface area contributed by atoms with Crippen LogP contribution in [0.2, 0.25) is 0 Å². The molecule has 2 rings (SSSR count). The van der Waals surface area contributed by atoms with Crippen LogP contribution >= 0.6 is 0 Å². The number of hydrogen-bond acceptors (Lipinski definition) is 6. The van der Waals surface area contributed by atoms with Crippen LogP contribution in [0, 0.1) is 13.8 Å². The van der Waals surface area contributed by atoms with E-state index in [9.17, 15) is 9.59 Å². The molecule has 2 aromatic carbocycles. The summed E-state index contributed by atoms with van der Waals surface area (Å²) >= 11 is 0. The SMILES string of the molecule is C.COc1cc(-c2cc(OC)c(N=C=O)cc2C)c(C)cc1N=C=O. The largest absolute Gasteiger partial charge is 0.494 e. The van der Waals surface area contributed by atoms with E-state index >= 15 is 0 Å². The summed E-state index contributed by atoms with van der Waals surface area (Å²) in [6.45, 7) is 3.81. The molecule has 0 N–H and O–H groups in total. The van der Waals surface area contributed by atoms with Gasteiger partial charge in [-0.05, 0) is 60.4 Å². The van der Waals surface area contributed by atoms with E-state index in [-0.39, 0.29) is 7.43 Å². The maximum Gasteiger partial charge on any atom is 0.240 e. The molecule has 6 heteroatoms. The van der Waals surface area contributed by atoms with Crippen molar-refractivity contribution in [3.8, 4) is 22.6 Å². The molecule has 0 aliphatic carbocycles. The summed E-state index contributed by atoms with van der Waals surface area (Å²) in [5, 5.41) is 0. The summed E-state index contributed by atoms with van der Waals surface area (Å²) < 4.78 is 10.6. The van der Waals surface area contributed by atoms with Crippen LogP contribution in [0.25, 0.3) is 11.1 Å². The van der Waals surface area contributed by atoms with Gasteiger partial charge in [0, 0.05) is 0 Å². The Balaban J connectivity index is 0.00000312. The molecule has 0 atom stereocenters. The molecule has 0 bridgehead atoms. The molecule has 0 unspecified atom stereocenters. The minimum atomic E-state index is 0. The number of nitrogens with zero attached hydrogens (tertiary/aromatic N) is 2. The number of aliphatic imine (C=N–C) groups is 2. The fraction of sp³-hybridized carbons (Fsp3) is 0.263. The number of ether oxygens (including phenoxy) is 2. The van der Waals surface area contributed by atoms with Gasteiger partial charge in [-0.15, -0.1) is 0 Å². The number of rotatable bonds is 5. The normalized spacial score (nSPS) is 9.28. The Morgan fingerprint density at radius 3 is 1.40 bits per heavy atom. The first-order chi connectivity index (χ1) is 11.5. The molecule has 0 aliphatic rings. The first kappa shape index (κ1) is 19.8. The predicted octanol–water partition coefficient (Wildman–Crippen LogP) is 4.56. The molecular formula is C19H20N2O4. The lowest BCUT2D eigenvalue weighted by molar-refractivity contribution is 0.415. The van der Waals surface area contributed by atoms with Crippen LogP contribution in [0.15, 0.2) is 34.3 Å². The quantitative estimate of drug-likeness (QED) is 0.590. The number of benzene rings is 2. The Bertz CT molecular complexity index is 804. The summed E-state index contributed by atoms with van der Waals surface area (Å²) in [5.74, 6) is 0.930. The summed E-state index contributed by atoms with van der Waals surface area (Å²) in [6, 6.07) is 7.11. The standard InChI is InChI=1S/C18H16N2O4.CH4/c1-11-5-15(19-9-21)17(23-3)7-13(11)14-8-18(24-4)16(20-10-22)6-12(14)2;/h5-8H,1-4H3;1H4. The van der Waals surface area contributed by atoms with Gasteiger partial charge in [-0.3, -0.25) is 0 Å². The van der Waals surface area contributed by atoms with E-state index < -0.39 is 0 Å². The minimum absolute atomic E-state index is 0. The number of aryl methyl sites for hydroxylation is 2. The number of methoxy groups -OCH3 is 2. The maximum atomic E-state index is 10.5. The molecule has 130 valence electrons. The van der Waals surface area contributed by atoms with Crippen molar-refractivity contribution in [2.24, 2.45) is 9.98 Å². The molecule has 0 aliphatic heterocycles. The van der Waals surface area contributed by atoms with Gasteiger partial charge in [-0.2, -0.15) is 9.98 Å². The molecular weight excluding hydrogens is 320 g/mol. The monoisotopic (exact) mass is 340 g/mol. The molecule has 0 heterocycles. The Morgan fingerprint density at radius 2 is 1.12 bits per heavy atom. The Hall–Kier alpha value is -3.20. The molecule has 0 saturated carbocycles. The van der Waals surface area contributed by atoms with Gasteiger partial charge >= 0.3 is 0 Å². The van der Waals surface area contributed by atoms with Gasteiger partial charge in [0.2, 0.25) is 12.2 Å². The van der Waals surface area contributed by atoms with Crippen molar-refractivity contribution >= 4 is 23.5 Å². The first-order valence-electron chi connectivity index (χ1n) is 7.09. The van der Waals surface area contributed by atoms with Gasteiger partial charge in [-0.1, -0.05) is 7.43 Å². The van der Waals surface area contributed by atoms with Crippen molar-refractivity contribution in [2.75, 3.05) is 14.2 Å². The molecule has 0 spiro atoms. The van der Waals surface area contributed by atoms with Crippen LogP contribution < -0.4 is 9.47 Å². The van der Waals surface area contributed by atoms with Crippen LogP contribution in [0.4, 0.5) is 11.4 Å². The Morgan fingerprint density at radius 1 is 0.760 bits per heavy atom. The Kier molecular flexibility index (Phi) is 6.82.